The average molecular weight is 299 g/mol. The molecule has 0 aliphatic heterocycles. The summed E-state index contributed by atoms with van der Waals surface area (Å²) in [5.74, 6) is 0.229. The summed E-state index contributed by atoms with van der Waals surface area (Å²) in [5.41, 5.74) is 8.03. The van der Waals surface area contributed by atoms with Crippen LogP contribution in [0.25, 0.3) is 0 Å². The van der Waals surface area contributed by atoms with Gasteiger partial charge in [-0.15, -0.1) is 0 Å². The number of ether oxygens (including phenoxy) is 2. The van der Waals surface area contributed by atoms with Gasteiger partial charge < -0.3 is 15.2 Å². The molecule has 0 saturated heterocycles. The smallest absolute Gasteiger partial charge is 0.338 e. The molecule has 0 fully saturated rings. The summed E-state index contributed by atoms with van der Waals surface area (Å²) in [6.07, 6.45) is 1.60. The predicted molar refractivity (Wildman–Crippen MR) is 87.1 cm³/mol. The van der Waals surface area contributed by atoms with Gasteiger partial charge in [0, 0.05) is 6.42 Å². The molecule has 0 atom stereocenters. The van der Waals surface area contributed by atoms with Crippen molar-refractivity contribution in [3.8, 4) is 5.75 Å². The quantitative estimate of drug-likeness (QED) is 0.628. The van der Waals surface area contributed by atoms with Gasteiger partial charge >= 0.3 is 5.97 Å². The number of carbonyl (C=O) groups excluding carboxylic acids is 1. The van der Waals surface area contributed by atoms with Gasteiger partial charge in [0.25, 0.3) is 0 Å². The molecule has 116 valence electrons. The third-order valence-corrected chi connectivity index (χ3v) is 3.17. The van der Waals surface area contributed by atoms with Gasteiger partial charge in [-0.3, -0.25) is 0 Å². The highest BCUT2D eigenvalue weighted by Gasteiger charge is 2.10. The van der Waals surface area contributed by atoms with Gasteiger partial charge in [-0.2, -0.15) is 0 Å². The Morgan fingerprint density at radius 2 is 1.86 bits per heavy atom. The molecule has 0 unspecified atom stereocenters. The van der Waals surface area contributed by atoms with E-state index in [-0.39, 0.29) is 5.97 Å². The van der Waals surface area contributed by atoms with E-state index >= 15 is 0 Å². The molecule has 2 aromatic rings. The minimum Gasteiger partial charge on any atom is -0.491 e. The molecule has 2 aromatic carbocycles. The third kappa shape index (κ3) is 4.52. The molecule has 2 N–H and O–H groups in total. The molecular weight excluding hydrogens is 278 g/mol. The number of hydrogen-bond acceptors (Lipinski definition) is 4. The van der Waals surface area contributed by atoms with Crippen molar-refractivity contribution < 1.29 is 14.3 Å². The molecule has 0 radical (unpaired) electrons. The van der Waals surface area contributed by atoms with Crippen LogP contribution in [-0.4, -0.2) is 19.2 Å². The molecule has 0 aliphatic rings. The van der Waals surface area contributed by atoms with Crippen LogP contribution < -0.4 is 10.5 Å². The van der Waals surface area contributed by atoms with E-state index < -0.39 is 0 Å². The largest absolute Gasteiger partial charge is 0.491 e. The summed E-state index contributed by atoms with van der Waals surface area (Å²) < 4.78 is 10.8. The van der Waals surface area contributed by atoms with E-state index in [9.17, 15) is 4.79 Å². The van der Waals surface area contributed by atoms with Crippen LogP contribution in [0, 0.1) is 0 Å². The fraction of sp³-hybridized carbons (Fsp3) is 0.278. The molecular formula is C18H21NO3. The Balaban J connectivity index is 1.91. The monoisotopic (exact) mass is 299 g/mol. The second-order valence-corrected chi connectivity index (χ2v) is 4.97. The topological polar surface area (TPSA) is 61.5 Å². The SMILES string of the molecule is CCCOC(=O)c1ccc(OCCc2ccccc2)c(N)c1. The highest BCUT2D eigenvalue weighted by molar-refractivity contribution is 5.91. The van der Waals surface area contributed by atoms with Crippen LogP contribution >= 0.6 is 0 Å². The first-order valence-corrected chi connectivity index (χ1v) is 7.44. The molecule has 0 amide bonds. The van der Waals surface area contributed by atoms with Gasteiger partial charge in [-0.1, -0.05) is 37.3 Å². The minimum absolute atomic E-state index is 0.357. The van der Waals surface area contributed by atoms with Gasteiger partial charge in [-0.25, -0.2) is 4.79 Å². The van der Waals surface area contributed by atoms with Gasteiger partial charge in [-0.05, 0) is 30.2 Å². The molecule has 0 heterocycles. The predicted octanol–water partition coefficient (Wildman–Crippen LogP) is 3.46. The Hall–Kier alpha value is -2.49. The van der Waals surface area contributed by atoms with Crippen molar-refractivity contribution in [1.82, 2.24) is 0 Å². The number of rotatable bonds is 7. The lowest BCUT2D eigenvalue weighted by Gasteiger charge is -2.10. The number of carbonyl (C=O) groups is 1. The molecule has 0 bridgehead atoms. The summed E-state index contributed by atoms with van der Waals surface area (Å²) in [6.45, 7) is 2.90. The van der Waals surface area contributed by atoms with Crippen molar-refractivity contribution >= 4 is 11.7 Å². The van der Waals surface area contributed by atoms with Gasteiger partial charge in [0.2, 0.25) is 0 Å². The van der Waals surface area contributed by atoms with Crippen molar-refractivity contribution in [1.29, 1.82) is 0 Å². The second kappa shape index (κ2) is 8.08. The standard InChI is InChI=1S/C18H21NO3/c1-2-11-22-18(20)15-8-9-17(16(19)13-15)21-12-10-14-6-4-3-5-7-14/h3-9,13H,2,10-12,19H2,1H3. The van der Waals surface area contributed by atoms with Crippen LogP contribution in [0.5, 0.6) is 5.75 Å². The zero-order chi connectivity index (χ0) is 15.8. The van der Waals surface area contributed by atoms with Crippen LogP contribution in [0.15, 0.2) is 48.5 Å². The molecule has 22 heavy (non-hydrogen) atoms. The van der Waals surface area contributed by atoms with E-state index in [0.29, 0.717) is 30.2 Å². The number of hydrogen-bond donors (Lipinski definition) is 1. The van der Waals surface area contributed by atoms with Crippen molar-refractivity contribution in [3.63, 3.8) is 0 Å². The molecule has 2 rings (SSSR count). The Bertz CT molecular complexity index is 611. The van der Waals surface area contributed by atoms with Crippen LogP contribution in [0.3, 0.4) is 0 Å². The van der Waals surface area contributed by atoms with Gasteiger partial charge in [0.1, 0.15) is 5.75 Å². The van der Waals surface area contributed by atoms with E-state index in [2.05, 4.69) is 12.1 Å². The number of nitrogens with two attached hydrogens (primary N) is 1. The average Bonchev–Trinajstić information content (AvgIpc) is 2.55. The Kier molecular flexibility index (Phi) is 5.83. The molecule has 4 heteroatoms. The zero-order valence-electron chi connectivity index (χ0n) is 12.7. The van der Waals surface area contributed by atoms with E-state index in [0.717, 1.165) is 12.8 Å². The Morgan fingerprint density at radius 3 is 2.55 bits per heavy atom. The van der Waals surface area contributed by atoms with Crippen LogP contribution in [0.4, 0.5) is 5.69 Å². The zero-order valence-corrected chi connectivity index (χ0v) is 12.7. The molecule has 0 spiro atoms. The fourth-order valence-corrected chi connectivity index (χ4v) is 2.01. The van der Waals surface area contributed by atoms with Gasteiger partial charge in [0.15, 0.2) is 0 Å². The lowest BCUT2D eigenvalue weighted by Crippen LogP contribution is -2.08. The van der Waals surface area contributed by atoms with Crippen molar-refractivity contribution in [2.24, 2.45) is 0 Å². The molecule has 0 aliphatic carbocycles. The third-order valence-electron chi connectivity index (χ3n) is 3.17. The maximum atomic E-state index is 11.7. The first-order valence-electron chi connectivity index (χ1n) is 7.44. The molecule has 0 saturated carbocycles. The van der Waals surface area contributed by atoms with Crippen LogP contribution in [0.2, 0.25) is 0 Å². The fourth-order valence-electron chi connectivity index (χ4n) is 2.01. The van der Waals surface area contributed by atoms with E-state index in [1.165, 1.54) is 5.56 Å². The van der Waals surface area contributed by atoms with E-state index in [4.69, 9.17) is 15.2 Å². The summed E-state index contributed by atoms with van der Waals surface area (Å²) >= 11 is 0. The lowest BCUT2D eigenvalue weighted by molar-refractivity contribution is 0.0505. The number of esters is 1. The van der Waals surface area contributed by atoms with E-state index in [1.807, 2.05) is 25.1 Å². The highest BCUT2D eigenvalue weighted by Crippen LogP contribution is 2.23. The van der Waals surface area contributed by atoms with Crippen LogP contribution in [-0.2, 0) is 11.2 Å². The first kappa shape index (κ1) is 15.9. The summed E-state index contributed by atoms with van der Waals surface area (Å²) in [7, 11) is 0. The van der Waals surface area contributed by atoms with Crippen molar-refractivity contribution in [2.75, 3.05) is 18.9 Å². The second-order valence-electron chi connectivity index (χ2n) is 4.97. The van der Waals surface area contributed by atoms with E-state index in [1.54, 1.807) is 18.2 Å². The van der Waals surface area contributed by atoms with Crippen molar-refractivity contribution in [3.05, 3.63) is 59.7 Å². The maximum absolute atomic E-state index is 11.7. The molecule has 0 aromatic heterocycles. The normalized spacial score (nSPS) is 10.2. The Labute approximate surface area is 130 Å². The lowest BCUT2D eigenvalue weighted by atomic mass is 10.1. The molecule has 4 nitrogen and oxygen atoms in total. The number of benzene rings is 2. The summed E-state index contributed by atoms with van der Waals surface area (Å²) in [5, 5.41) is 0. The van der Waals surface area contributed by atoms with Gasteiger partial charge in [0.05, 0.1) is 24.5 Å². The van der Waals surface area contributed by atoms with Crippen LogP contribution in [0.1, 0.15) is 29.3 Å². The summed E-state index contributed by atoms with van der Waals surface area (Å²) in [6, 6.07) is 15.1. The first-order chi connectivity index (χ1) is 10.7. The summed E-state index contributed by atoms with van der Waals surface area (Å²) in [4.78, 5) is 11.7. The minimum atomic E-state index is -0.357. The Morgan fingerprint density at radius 1 is 1.09 bits per heavy atom. The maximum Gasteiger partial charge on any atom is 0.338 e. The van der Waals surface area contributed by atoms with Crippen molar-refractivity contribution in [2.45, 2.75) is 19.8 Å². The number of nitrogen functional groups attached to an aromatic ring is 1. The highest BCUT2D eigenvalue weighted by atomic mass is 16.5. The number of anilines is 1.